The second-order valence-electron chi connectivity index (χ2n) is 4.95. The van der Waals surface area contributed by atoms with Crippen molar-refractivity contribution in [1.29, 1.82) is 0 Å². The average molecular weight is 326 g/mol. The Morgan fingerprint density at radius 3 is 2.58 bits per heavy atom. The molecule has 122 valence electrons. The molecule has 8 heteroatoms. The molecule has 24 heavy (non-hydrogen) atoms. The molecule has 2 amide bonds. The molecule has 3 aromatic rings. The van der Waals surface area contributed by atoms with E-state index in [9.17, 15) is 9.59 Å². The van der Waals surface area contributed by atoms with E-state index in [0.717, 1.165) is 0 Å². The average Bonchev–Trinajstić information content (AvgIpc) is 3.24. The molecule has 0 aliphatic carbocycles. The standard InChI is InChI=1S/C16H14N4O4/c1-10-8-14(20-24-10)19-16(22)13-6-2-5-12(18-13)15(21)17-9-11-4-3-7-23-11/h2-8H,9H2,1H3,(H,17,21)(H,19,20,22). The lowest BCUT2D eigenvalue weighted by Crippen LogP contribution is -2.24. The smallest absolute Gasteiger partial charge is 0.275 e. The fourth-order valence-electron chi connectivity index (χ4n) is 1.96. The number of rotatable bonds is 5. The minimum Gasteiger partial charge on any atom is -0.467 e. The number of carbonyl (C=O) groups is 2. The van der Waals surface area contributed by atoms with Crippen LogP contribution in [0.1, 0.15) is 32.5 Å². The Balaban J connectivity index is 1.66. The van der Waals surface area contributed by atoms with Gasteiger partial charge >= 0.3 is 0 Å². The SMILES string of the molecule is Cc1cc(NC(=O)c2cccc(C(=O)NCc3ccco3)n2)no1. The molecule has 2 N–H and O–H groups in total. The molecule has 0 aromatic carbocycles. The third-order valence-corrected chi connectivity index (χ3v) is 3.09. The summed E-state index contributed by atoms with van der Waals surface area (Å²) in [5.41, 5.74) is 0.229. The van der Waals surface area contributed by atoms with Crippen molar-refractivity contribution in [3.63, 3.8) is 0 Å². The zero-order valence-electron chi connectivity index (χ0n) is 12.8. The number of nitrogens with zero attached hydrogens (tertiary/aromatic N) is 2. The molecule has 0 radical (unpaired) electrons. The van der Waals surface area contributed by atoms with Crippen LogP contribution in [0, 0.1) is 6.92 Å². The number of amides is 2. The zero-order valence-corrected chi connectivity index (χ0v) is 12.8. The van der Waals surface area contributed by atoms with E-state index in [1.54, 1.807) is 31.2 Å². The zero-order chi connectivity index (χ0) is 16.9. The van der Waals surface area contributed by atoms with Crippen molar-refractivity contribution in [3.05, 3.63) is 65.6 Å². The van der Waals surface area contributed by atoms with Gasteiger partial charge in [-0.25, -0.2) is 4.98 Å². The Bertz CT molecular complexity index is 855. The van der Waals surface area contributed by atoms with Gasteiger partial charge in [0, 0.05) is 6.07 Å². The summed E-state index contributed by atoms with van der Waals surface area (Å²) < 4.78 is 10.0. The number of hydrogen-bond acceptors (Lipinski definition) is 6. The molecule has 0 bridgehead atoms. The highest BCUT2D eigenvalue weighted by atomic mass is 16.5. The van der Waals surface area contributed by atoms with E-state index in [0.29, 0.717) is 11.5 Å². The minimum atomic E-state index is -0.482. The van der Waals surface area contributed by atoms with E-state index in [1.165, 1.54) is 18.4 Å². The first-order valence-corrected chi connectivity index (χ1v) is 7.14. The van der Waals surface area contributed by atoms with E-state index in [2.05, 4.69) is 20.8 Å². The molecule has 8 nitrogen and oxygen atoms in total. The molecule has 0 aliphatic heterocycles. The molecule has 0 unspecified atom stereocenters. The molecule has 3 rings (SSSR count). The predicted octanol–water partition coefficient (Wildman–Crippen LogP) is 2.15. The van der Waals surface area contributed by atoms with Crippen LogP contribution in [0.5, 0.6) is 0 Å². The Hall–Kier alpha value is -3.42. The van der Waals surface area contributed by atoms with Crippen molar-refractivity contribution in [2.75, 3.05) is 5.32 Å². The Labute approximate surface area is 136 Å². The number of furan rings is 1. The van der Waals surface area contributed by atoms with Crippen molar-refractivity contribution < 1.29 is 18.5 Å². The number of carbonyl (C=O) groups excluding carboxylic acids is 2. The van der Waals surface area contributed by atoms with Gasteiger partial charge in [-0.2, -0.15) is 0 Å². The van der Waals surface area contributed by atoms with Gasteiger partial charge in [-0.05, 0) is 31.2 Å². The molecule has 0 atom stereocenters. The van der Waals surface area contributed by atoms with Gasteiger partial charge in [-0.15, -0.1) is 0 Å². The number of pyridine rings is 1. The van der Waals surface area contributed by atoms with Crippen LogP contribution in [0.4, 0.5) is 5.82 Å². The van der Waals surface area contributed by atoms with Crippen molar-refractivity contribution >= 4 is 17.6 Å². The highest BCUT2D eigenvalue weighted by molar-refractivity contribution is 6.03. The summed E-state index contributed by atoms with van der Waals surface area (Å²) >= 11 is 0. The summed E-state index contributed by atoms with van der Waals surface area (Å²) in [5.74, 6) is 0.595. The van der Waals surface area contributed by atoms with E-state index < -0.39 is 11.8 Å². The first-order valence-electron chi connectivity index (χ1n) is 7.14. The summed E-state index contributed by atoms with van der Waals surface area (Å²) in [6, 6.07) is 9.67. The molecule has 0 aliphatic rings. The van der Waals surface area contributed by atoms with Crippen LogP contribution in [0.3, 0.4) is 0 Å². The van der Waals surface area contributed by atoms with Crippen LogP contribution >= 0.6 is 0 Å². The summed E-state index contributed by atoms with van der Waals surface area (Å²) in [6.45, 7) is 1.95. The maximum Gasteiger partial charge on any atom is 0.275 e. The number of nitrogens with one attached hydrogen (secondary N) is 2. The topological polar surface area (TPSA) is 110 Å². The first kappa shape index (κ1) is 15.5. The maximum atomic E-state index is 12.1. The molecule has 3 heterocycles. The monoisotopic (exact) mass is 326 g/mol. The summed E-state index contributed by atoms with van der Waals surface area (Å²) in [4.78, 5) is 28.3. The van der Waals surface area contributed by atoms with E-state index in [-0.39, 0.29) is 23.8 Å². The van der Waals surface area contributed by atoms with Gasteiger partial charge in [0.05, 0.1) is 12.8 Å². The third-order valence-electron chi connectivity index (χ3n) is 3.09. The number of hydrogen-bond donors (Lipinski definition) is 2. The fraction of sp³-hybridized carbons (Fsp3) is 0.125. The third kappa shape index (κ3) is 3.67. The molecular formula is C16H14N4O4. The lowest BCUT2D eigenvalue weighted by atomic mass is 10.2. The van der Waals surface area contributed by atoms with Crippen molar-refractivity contribution in [2.24, 2.45) is 0 Å². The quantitative estimate of drug-likeness (QED) is 0.743. The summed E-state index contributed by atoms with van der Waals surface area (Å²) in [7, 11) is 0. The van der Waals surface area contributed by atoms with Gasteiger partial charge < -0.3 is 19.6 Å². The Morgan fingerprint density at radius 2 is 1.92 bits per heavy atom. The molecule has 0 spiro atoms. The second kappa shape index (κ2) is 6.78. The van der Waals surface area contributed by atoms with Crippen molar-refractivity contribution in [3.8, 4) is 0 Å². The van der Waals surface area contributed by atoms with Gasteiger partial charge in [-0.1, -0.05) is 11.2 Å². The predicted molar refractivity (Wildman–Crippen MR) is 83.3 cm³/mol. The second-order valence-corrected chi connectivity index (χ2v) is 4.95. The molecule has 3 aromatic heterocycles. The highest BCUT2D eigenvalue weighted by Gasteiger charge is 2.14. The molecule has 0 fully saturated rings. The van der Waals surface area contributed by atoms with E-state index in [1.807, 2.05) is 0 Å². The van der Waals surface area contributed by atoms with Crippen LogP contribution in [-0.2, 0) is 6.54 Å². The summed E-state index contributed by atoms with van der Waals surface area (Å²) in [5, 5.41) is 8.89. The highest BCUT2D eigenvalue weighted by Crippen LogP contribution is 2.09. The van der Waals surface area contributed by atoms with Crippen LogP contribution in [0.25, 0.3) is 0 Å². The van der Waals surface area contributed by atoms with Gasteiger partial charge in [0.1, 0.15) is 22.9 Å². The lowest BCUT2D eigenvalue weighted by Gasteiger charge is -2.05. The summed E-state index contributed by atoms with van der Waals surface area (Å²) in [6.07, 6.45) is 1.52. The van der Waals surface area contributed by atoms with Crippen LogP contribution in [0.2, 0.25) is 0 Å². The van der Waals surface area contributed by atoms with Crippen LogP contribution in [-0.4, -0.2) is 22.0 Å². The lowest BCUT2D eigenvalue weighted by molar-refractivity contribution is 0.0943. The van der Waals surface area contributed by atoms with Gasteiger partial charge in [-0.3, -0.25) is 9.59 Å². The fourth-order valence-corrected chi connectivity index (χ4v) is 1.96. The van der Waals surface area contributed by atoms with Gasteiger partial charge in [0.15, 0.2) is 5.82 Å². The van der Waals surface area contributed by atoms with Crippen molar-refractivity contribution in [2.45, 2.75) is 13.5 Å². The van der Waals surface area contributed by atoms with Crippen molar-refractivity contribution in [1.82, 2.24) is 15.5 Å². The van der Waals surface area contributed by atoms with E-state index in [4.69, 9.17) is 8.94 Å². The molecule has 0 saturated carbocycles. The van der Waals surface area contributed by atoms with Gasteiger partial charge in [0.2, 0.25) is 0 Å². The number of aromatic nitrogens is 2. The van der Waals surface area contributed by atoms with Gasteiger partial charge in [0.25, 0.3) is 11.8 Å². The first-order chi connectivity index (χ1) is 11.6. The molecule has 0 saturated heterocycles. The minimum absolute atomic E-state index is 0.0984. The largest absolute Gasteiger partial charge is 0.467 e. The molecular weight excluding hydrogens is 312 g/mol. The Morgan fingerprint density at radius 1 is 1.12 bits per heavy atom. The number of anilines is 1. The van der Waals surface area contributed by atoms with Crippen LogP contribution < -0.4 is 10.6 Å². The normalized spacial score (nSPS) is 10.4. The number of aryl methyl sites for hydroxylation is 1. The Kier molecular flexibility index (Phi) is 4.37. The van der Waals surface area contributed by atoms with E-state index >= 15 is 0 Å². The maximum absolute atomic E-state index is 12.1. The van der Waals surface area contributed by atoms with Crippen LogP contribution in [0.15, 0.2) is 51.6 Å².